The Kier molecular flexibility index (Phi) is 3.86. The largest absolute Gasteiger partial charge is 0.477 e. The lowest BCUT2D eigenvalue weighted by Gasteiger charge is -2.12. The lowest BCUT2D eigenvalue weighted by Crippen LogP contribution is -2.21. The number of ether oxygens (including phenoxy) is 1. The second-order valence-corrected chi connectivity index (χ2v) is 5.68. The smallest absolute Gasteiger partial charge is 0.342 e. The van der Waals surface area contributed by atoms with Gasteiger partial charge < -0.3 is 14.4 Å². The number of carboxylic acids is 1. The summed E-state index contributed by atoms with van der Waals surface area (Å²) in [6.07, 6.45) is 1.56. The van der Waals surface area contributed by atoms with Crippen molar-refractivity contribution in [3.8, 4) is 11.8 Å². The van der Waals surface area contributed by atoms with Gasteiger partial charge in [0.1, 0.15) is 5.56 Å². The van der Waals surface area contributed by atoms with Gasteiger partial charge in [-0.3, -0.25) is 4.79 Å². The third-order valence-corrected chi connectivity index (χ3v) is 4.16. The first kappa shape index (κ1) is 15.8. The maximum absolute atomic E-state index is 11.9. The van der Waals surface area contributed by atoms with Crippen molar-refractivity contribution in [2.24, 2.45) is 0 Å². The molecular formula is C18H15NO5. The zero-order valence-corrected chi connectivity index (χ0v) is 13.3. The van der Waals surface area contributed by atoms with Crippen molar-refractivity contribution in [2.45, 2.75) is 25.2 Å². The van der Waals surface area contributed by atoms with E-state index in [9.17, 15) is 9.59 Å². The van der Waals surface area contributed by atoms with Crippen LogP contribution < -0.4 is 0 Å². The first-order valence-corrected chi connectivity index (χ1v) is 7.38. The Balaban J connectivity index is 1.84. The molecule has 0 saturated heterocycles. The fourth-order valence-electron chi connectivity index (χ4n) is 2.64. The van der Waals surface area contributed by atoms with E-state index in [1.807, 2.05) is 12.1 Å². The van der Waals surface area contributed by atoms with Crippen molar-refractivity contribution in [1.82, 2.24) is 5.16 Å². The Morgan fingerprint density at radius 1 is 1.25 bits per heavy atom. The van der Waals surface area contributed by atoms with Gasteiger partial charge in [-0.25, -0.2) is 4.79 Å². The zero-order valence-electron chi connectivity index (χ0n) is 13.3. The first-order chi connectivity index (χ1) is 11.5. The molecule has 1 fully saturated rings. The molecule has 1 aliphatic carbocycles. The highest BCUT2D eigenvalue weighted by Gasteiger charge is 2.52. The van der Waals surface area contributed by atoms with Crippen LogP contribution in [0, 0.1) is 18.8 Å². The SMILES string of the molecule is COC(=O)C1(c2ccc(C#Cc3onc(C)c3C(=O)O)cc2)CC1. The number of aryl methyl sites for hydroxylation is 1. The van der Waals surface area contributed by atoms with Gasteiger partial charge in [0, 0.05) is 5.56 Å². The summed E-state index contributed by atoms with van der Waals surface area (Å²) in [5.74, 6) is 4.22. The number of rotatable bonds is 3. The Bertz CT molecular complexity index is 863. The molecule has 122 valence electrons. The van der Waals surface area contributed by atoms with Crippen molar-refractivity contribution in [1.29, 1.82) is 0 Å². The number of aromatic carboxylic acids is 1. The average molecular weight is 325 g/mol. The van der Waals surface area contributed by atoms with Crippen LogP contribution >= 0.6 is 0 Å². The van der Waals surface area contributed by atoms with E-state index in [1.54, 1.807) is 19.1 Å². The number of hydrogen-bond donors (Lipinski definition) is 1. The van der Waals surface area contributed by atoms with Crippen LogP contribution in [0.1, 0.15) is 45.8 Å². The number of hydrogen-bond acceptors (Lipinski definition) is 5. The average Bonchev–Trinajstić information content (AvgIpc) is 3.30. The zero-order chi connectivity index (χ0) is 17.3. The molecule has 3 rings (SSSR count). The standard InChI is InChI=1S/C18H15NO5/c1-11-15(16(20)21)14(24-19-11)8-5-12-3-6-13(7-4-12)18(9-10-18)17(22)23-2/h3-4,6-7H,9-10H2,1-2H3,(H,20,21). The van der Waals surface area contributed by atoms with Crippen LogP contribution in [0.15, 0.2) is 28.8 Å². The van der Waals surface area contributed by atoms with E-state index in [-0.39, 0.29) is 23.0 Å². The number of aromatic nitrogens is 1. The minimum absolute atomic E-state index is 0.0253. The van der Waals surface area contributed by atoms with Crippen molar-refractivity contribution in [3.05, 3.63) is 52.4 Å². The summed E-state index contributed by atoms with van der Waals surface area (Å²) in [5, 5.41) is 12.8. The Hall–Kier alpha value is -3.07. The molecule has 1 aromatic heterocycles. The van der Waals surface area contributed by atoms with E-state index < -0.39 is 11.4 Å². The fraction of sp³-hybridized carbons (Fsp3) is 0.278. The molecule has 1 N–H and O–H groups in total. The summed E-state index contributed by atoms with van der Waals surface area (Å²) < 4.78 is 9.81. The topological polar surface area (TPSA) is 89.6 Å². The molecule has 6 heteroatoms. The van der Waals surface area contributed by atoms with Gasteiger partial charge in [-0.15, -0.1) is 0 Å². The molecular weight excluding hydrogens is 310 g/mol. The molecule has 0 bridgehead atoms. The van der Waals surface area contributed by atoms with Crippen LogP contribution in [0.5, 0.6) is 0 Å². The molecule has 24 heavy (non-hydrogen) atoms. The summed E-state index contributed by atoms with van der Waals surface area (Å²) >= 11 is 0. The van der Waals surface area contributed by atoms with Gasteiger partial charge in [-0.1, -0.05) is 23.2 Å². The number of nitrogens with zero attached hydrogens (tertiary/aromatic N) is 1. The summed E-state index contributed by atoms with van der Waals surface area (Å²) in [7, 11) is 1.39. The van der Waals surface area contributed by atoms with E-state index in [0.29, 0.717) is 5.56 Å². The highest BCUT2D eigenvalue weighted by Crippen LogP contribution is 2.49. The van der Waals surface area contributed by atoms with Crippen LogP contribution in [-0.4, -0.2) is 29.3 Å². The lowest BCUT2D eigenvalue weighted by molar-refractivity contribution is -0.143. The molecule has 1 aliphatic rings. The number of carboxylic acid groups (broad SMARTS) is 1. The molecule has 0 atom stereocenters. The Morgan fingerprint density at radius 3 is 2.46 bits per heavy atom. The molecule has 0 aliphatic heterocycles. The van der Waals surface area contributed by atoms with Crippen LogP contribution in [0.25, 0.3) is 0 Å². The predicted octanol–water partition coefficient (Wildman–Crippen LogP) is 2.29. The van der Waals surface area contributed by atoms with Gasteiger partial charge in [0.25, 0.3) is 0 Å². The van der Waals surface area contributed by atoms with E-state index in [1.165, 1.54) is 7.11 Å². The second kappa shape index (κ2) is 5.85. The fourth-order valence-corrected chi connectivity index (χ4v) is 2.64. The highest BCUT2D eigenvalue weighted by atomic mass is 16.5. The lowest BCUT2D eigenvalue weighted by atomic mass is 9.95. The van der Waals surface area contributed by atoms with Gasteiger partial charge in [0.15, 0.2) is 0 Å². The summed E-state index contributed by atoms with van der Waals surface area (Å²) in [5.41, 5.74) is 1.34. The molecule has 1 aromatic carbocycles. The molecule has 2 aromatic rings. The van der Waals surface area contributed by atoms with E-state index in [2.05, 4.69) is 17.0 Å². The van der Waals surface area contributed by atoms with Crippen LogP contribution in [0.2, 0.25) is 0 Å². The van der Waals surface area contributed by atoms with E-state index >= 15 is 0 Å². The van der Waals surface area contributed by atoms with Gasteiger partial charge in [-0.05, 0) is 43.4 Å². The number of methoxy groups -OCH3 is 1. The number of carbonyl (C=O) groups is 2. The van der Waals surface area contributed by atoms with Crippen LogP contribution in [-0.2, 0) is 14.9 Å². The van der Waals surface area contributed by atoms with Crippen molar-refractivity contribution >= 4 is 11.9 Å². The quantitative estimate of drug-likeness (QED) is 0.688. The second-order valence-electron chi connectivity index (χ2n) is 5.68. The molecule has 6 nitrogen and oxygen atoms in total. The third kappa shape index (κ3) is 2.65. The normalized spacial score (nSPS) is 14.4. The van der Waals surface area contributed by atoms with E-state index in [0.717, 1.165) is 18.4 Å². The minimum Gasteiger partial charge on any atom is -0.477 e. The predicted molar refractivity (Wildman–Crippen MR) is 83.5 cm³/mol. The Morgan fingerprint density at radius 2 is 1.92 bits per heavy atom. The summed E-state index contributed by atoms with van der Waals surface area (Å²) in [6.45, 7) is 1.55. The molecule has 0 spiro atoms. The van der Waals surface area contributed by atoms with Gasteiger partial charge in [-0.2, -0.15) is 0 Å². The molecule has 0 radical (unpaired) electrons. The first-order valence-electron chi connectivity index (χ1n) is 7.38. The van der Waals surface area contributed by atoms with Crippen LogP contribution in [0.3, 0.4) is 0 Å². The van der Waals surface area contributed by atoms with Crippen LogP contribution in [0.4, 0.5) is 0 Å². The highest BCUT2D eigenvalue weighted by molar-refractivity contribution is 5.91. The maximum atomic E-state index is 11.9. The van der Waals surface area contributed by atoms with Gasteiger partial charge in [0.2, 0.25) is 5.76 Å². The minimum atomic E-state index is -1.12. The van der Waals surface area contributed by atoms with Crippen molar-refractivity contribution in [3.63, 3.8) is 0 Å². The maximum Gasteiger partial charge on any atom is 0.342 e. The van der Waals surface area contributed by atoms with Crippen molar-refractivity contribution < 1.29 is 24.0 Å². The summed E-state index contributed by atoms with van der Waals surface area (Å²) in [6, 6.07) is 7.26. The monoisotopic (exact) mass is 325 g/mol. The molecule has 0 amide bonds. The number of benzene rings is 1. The number of esters is 1. The van der Waals surface area contributed by atoms with Gasteiger partial charge in [0.05, 0.1) is 18.2 Å². The van der Waals surface area contributed by atoms with Crippen molar-refractivity contribution in [2.75, 3.05) is 7.11 Å². The van der Waals surface area contributed by atoms with Gasteiger partial charge >= 0.3 is 11.9 Å². The molecule has 1 saturated carbocycles. The molecule has 0 unspecified atom stereocenters. The third-order valence-electron chi connectivity index (χ3n) is 4.16. The van der Waals surface area contributed by atoms with E-state index in [4.69, 9.17) is 14.4 Å². The number of carbonyl (C=O) groups excluding carboxylic acids is 1. The summed E-state index contributed by atoms with van der Waals surface area (Å²) in [4.78, 5) is 23.0. The Labute approximate surface area is 138 Å². The molecule has 1 heterocycles.